The second kappa shape index (κ2) is 6.47. The van der Waals surface area contributed by atoms with Crippen LogP contribution in [0.4, 0.5) is 0 Å². The molecule has 6 heteroatoms. The van der Waals surface area contributed by atoms with Crippen LogP contribution in [0, 0.1) is 0 Å². The van der Waals surface area contributed by atoms with Crippen LogP contribution in [0.2, 0.25) is 0 Å². The van der Waals surface area contributed by atoms with Gasteiger partial charge in [-0.25, -0.2) is 4.98 Å². The van der Waals surface area contributed by atoms with Crippen LogP contribution in [-0.4, -0.2) is 20.7 Å². The molecule has 0 aliphatic carbocycles. The van der Waals surface area contributed by atoms with Crippen LogP contribution in [0.15, 0.2) is 23.8 Å². The van der Waals surface area contributed by atoms with E-state index >= 15 is 0 Å². The van der Waals surface area contributed by atoms with Crippen LogP contribution in [0.25, 0.3) is 0 Å². The van der Waals surface area contributed by atoms with Crippen molar-refractivity contribution in [1.29, 1.82) is 0 Å². The number of hydrogen-bond acceptors (Lipinski definition) is 4. The number of nitrogens with one attached hydrogen (secondary N) is 1. The van der Waals surface area contributed by atoms with Gasteiger partial charge in [0.2, 0.25) is 5.91 Å². The summed E-state index contributed by atoms with van der Waals surface area (Å²) in [6, 6.07) is 1.57. The van der Waals surface area contributed by atoms with Gasteiger partial charge in [0.1, 0.15) is 11.0 Å². The topological polar surface area (TPSA) is 59.8 Å². The highest BCUT2D eigenvalue weighted by atomic mass is 32.1. The Morgan fingerprint density at radius 3 is 2.95 bits per heavy atom. The lowest BCUT2D eigenvalue weighted by molar-refractivity contribution is -0.124. The zero-order chi connectivity index (χ0) is 13.7. The highest BCUT2D eigenvalue weighted by Crippen LogP contribution is 2.12. The molecule has 102 valence electrons. The number of aromatic nitrogens is 3. The lowest BCUT2D eigenvalue weighted by atomic mass is 10.2. The lowest BCUT2D eigenvalue weighted by Gasteiger charge is -2.14. The van der Waals surface area contributed by atoms with Gasteiger partial charge < -0.3 is 5.32 Å². The third-order valence-electron chi connectivity index (χ3n) is 2.91. The SMILES string of the molecule is CCc1csc(CNC(=O)[C@H](CC)n2cccn2)n1. The monoisotopic (exact) mass is 278 g/mol. The number of carbonyl (C=O) groups is 1. The van der Waals surface area contributed by atoms with Crippen molar-refractivity contribution in [3.05, 3.63) is 34.5 Å². The van der Waals surface area contributed by atoms with Crippen LogP contribution in [0.5, 0.6) is 0 Å². The van der Waals surface area contributed by atoms with Crippen LogP contribution >= 0.6 is 11.3 Å². The average Bonchev–Trinajstić information content (AvgIpc) is 3.08. The number of thiazole rings is 1. The molecule has 0 radical (unpaired) electrons. The Kier molecular flexibility index (Phi) is 4.68. The Morgan fingerprint density at radius 2 is 2.37 bits per heavy atom. The van der Waals surface area contributed by atoms with Gasteiger partial charge in [0.15, 0.2) is 0 Å². The molecule has 0 saturated heterocycles. The summed E-state index contributed by atoms with van der Waals surface area (Å²) in [5.41, 5.74) is 1.08. The second-order valence-electron chi connectivity index (χ2n) is 4.21. The molecule has 2 aromatic rings. The van der Waals surface area contributed by atoms with Crippen LogP contribution in [0.3, 0.4) is 0 Å². The molecule has 19 heavy (non-hydrogen) atoms. The van der Waals surface area contributed by atoms with Gasteiger partial charge in [0, 0.05) is 17.8 Å². The fourth-order valence-electron chi connectivity index (χ4n) is 1.83. The van der Waals surface area contributed by atoms with E-state index in [1.54, 1.807) is 22.2 Å². The first kappa shape index (κ1) is 13.7. The van der Waals surface area contributed by atoms with E-state index in [0.717, 1.165) is 17.1 Å². The van der Waals surface area contributed by atoms with Gasteiger partial charge in [-0.15, -0.1) is 11.3 Å². The molecule has 0 bridgehead atoms. The number of aryl methyl sites for hydroxylation is 1. The molecular weight excluding hydrogens is 260 g/mol. The first-order valence-corrected chi connectivity index (χ1v) is 7.32. The minimum absolute atomic E-state index is 0.0144. The molecule has 1 atom stereocenters. The molecule has 2 rings (SSSR count). The lowest BCUT2D eigenvalue weighted by Crippen LogP contribution is -2.32. The first-order valence-electron chi connectivity index (χ1n) is 6.44. The van der Waals surface area contributed by atoms with E-state index in [9.17, 15) is 4.79 Å². The van der Waals surface area contributed by atoms with E-state index in [1.807, 2.05) is 24.6 Å². The van der Waals surface area contributed by atoms with E-state index < -0.39 is 0 Å². The molecule has 2 aromatic heterocycles. The highest BCUT2D eigenvalue weighted by Gasteiger charge is 2.18. The maximum Gasteiger partial charge on any atom is 0.245 e. The second-order valence-corrected chi connectivity index (χ2v) is 5.16. The summed E-state index contributed by atoms with van der Waals surface area (Å²) in [6.07, 6.45) is 5.14. The zero-order valence-corrected chi connectivity index (χ0v) is 12.0. The smallest absolute Gasteiger partial charge is 0.245 e. The van der Waals surface area contributed by atoms with Crippen molar-refractivity contribution < 1.29 is 4.79 Å². The van der Waals surface area contributed by atoms with Crippen molar-refractivity contribution >= 4 is 17.2 Å². The predicted molar refractivity (Wildman–Crippen MR) is 74.9 cm³/mol. The fraction of sp³-hybridized carbons (Fsp3) is 0.462. The zero-order valence-electron chi connectivity index (χ0n) is 11.2. The average molecular weight is 278 g/mol. The van der Waals surface area contributed by atoms with Crippen molar-refractivity contribution in [2.45, 2.75) is 39.3 Å². The van der Waals surface area contributed by atoms with E-state index in [-0.39, 0.29) is 11.9 Å². The minimum Gasteiger partial charge on any atom is -0.348 e. The Labute approximate surface area is 116 Å². The molecule has 0 aromatic carbocycles. The number of amides is 1. The quantitative estimate of drug-likeness (QED) is 0.881. The summed E-state index contributed by atoms with van der Waals surface area (Å²) in [6.45, 7) is 4.54. The predicted octanol–water partition coefficient (Wildman–Crippen LogP) is 2.17. The van der Waals surface area contributed by atoms with E-state index in [0.29, 0.717) is 13.0 Å². The molecule has 0 aliphatic rings. The van der Waals surface area contributed by atoms with Crippen LogP contribution in [-0.2, 0) is 17.8 Å². The molecule has 5 nitrogen and oxygen atoms in total. The van der Waals surface area contributed by atoms with E-state index in [2.05, 4.69) is 22.3 Å². The molecule has 2 heterocycles. The molecule has 0 unspecified atom stereocenters. The van der Waals surface area contributed by atoms with Crippen LogP contribution < -0.4 is 5.32 Å². The molecule has 1 N–H and O–H groups in total. The molecular formula is C13H18N4OS. The van der Waals surface area contributed by atoms with Crippen molar-refractivity contribution in [2.24, 2.45) is 0 Å². The Morgan fingerprint density at radius 1 is 1.53 bits per heavy atom. The summed E-state index contributed by atoms with van der Waals surface area (Å²) >= 11 is 1.58. The maximum absolute atomic E-state index is 12.1. The van der Waals surface area contributed by atoms with Gasteiger partial charge in [-0.3, -0.25) is 9.48 Å². The Balaban J connectivity index is 1.93. The largest absolute Gasteiger partial charge is 0.348 e. The summed E-state index contributed by atoms with van der Waals surface area (Å²) in [5, 5.41) is 10.0. The summed E-state index contributed by atoms with van der Waals surface area (Å²) in [5.74, 6) is -0.0144. The van der Waals surface area contributed by atoms with Gasteiger partial charge >= 0.3 is 0 Å². The fourth-order valence-corrected chi connectivity index (χ4v) is 2.65. The minimum atomic E-state index is -0.249. The number of nitrogens with zero attached hydrogens (tertiary/aromatic N) is 3. The van der Waals surface area contributed by atoms with Gasteiger partial charge in [0.25, 0.3) is 0 Å². The molecule has 1 amide bonds. The van der Waals surface area contributed by atoms with E-state index in [4.69, 9.17) is 0 Å². The Bertz CT molecular complexity index is 520. The van der Waals surface area contributed by atoms with Crippen LogP contribution in [0.1, 0.15) is 37.0 Å². The number of carbonyl (C=O) groups excluding carboxylic acids is 1. The summed E-state index contributed by atoms with van der Waals surface area (Å²) < 4.78 is 1.69. The van der Waals surface area contributed by atoms with Crippen molar-refractivity contribution in [3.8, 4) is 0 Å². The summed E-state index contributed by atoms with van der Waals surface area (Å²) in [4.78, 5) is 16.6. The van der Waals surface area contributed by atoms with Gasteiger partial charge in [-0.05, 0) is 18.9 Å². The molecule has 0 spiro atoms. The van der Waals surface area contributed by atoms with Crippen molar-refractivity contribution in [1.82, 2.24) is 20.1 Å². The molecule has 0 fully saturated rings. The standard InChI is InChI=1S/C13H18N4OS/c1-3-10-9-19-12(16-10)8-14-13(18)11(4-2)17-7-5-6-15-17/h5-7,9,11H,3-4,8H2,1-2H3,(H,14,18)/t11-/m0/s1. The Hall–Kier alpha value is -1.69. The first-order chi connectivity index (χ1) is 9.24. The van der Waals surface area contributed by atoms with Crippen molar-refractivity contribution in [3.63, 3.8) is 0 Å². The van der Waals surface area contributed by atoms with Gasteiger partial charge in [-0.2, -0.15) is 5.10 Å². The van der Waals surface area contributed by atoms with Gasteiger partial charge in [-0.1, -0.05) is 13.8 Å². The highest BCUT2D eigenvalue weighted by molar-refractivity contribution is 7.09. The van der Waals surface area contributed by atoms with Crippen molar-refractivity contribution in [2.75, 3.05) is 0 Å². The molecule has 0 saturated carbocycles. The third-order valence-corrected chi connectivity index (χ3v) is 3.81. The van der Waals surface area contributed by atoms with E-state index in [1.165, 1.54) is 0 Å². The number of rotatable bonds is 6. The molecule has 0 aliphatic heterocycles. The normalized spacial score (nSPS) is 12.3. The number of hydrogen-bond donors (Lipinski definition) is 1. The third kappa shape index (κ3) is 3.41. The summed E-state index contributed by atoms with van der Waals surface area (Å²) in [7, 11) is 0. The van der Waals surface area contributed by atoms with Gasteiger partial charge in [0.05, 0.1) is 12.2 Å². The maximum atomic E-state index is 12.1.